The van der Waals surface area contributed by atoms with E-state index in [0.29, 0.717) is 6.54 Å². The van der Waals surface area contributed by atoms with E-state index in [-0.39, 0.29) is 5.82 Å². The molecule has 1 aromatic heterocycles. The van der Waals surface area contributed by atoms with Crippen LogP contribution in [-0.2, 0) is 6.54 Å². The van der Waals surface area contributed by atoms with Gasteiger partial charge in [-0.2, -0.15) is 0 Å². The lowest BCUT2D eigenvalue weighted by Crippen LogP contribution is -1.98. The van der Waals surface area contributed by atoms with Crippen LogP contribution >= 0.6 is 0 Å². The Bertz CT molecular complexity index is 423. The fourth-order valence-electron chi connectivity index (χ4n) is 1.41. The van der Waals surface area contributed by atoms with E-state index in [9.17, 15) is 4.39 Å². The third-order valence-electron chi connectivity index (χ3n) is 2.12. The van der Waals surface area contributed by atoms with Gasteiger partial charge < -0.3 is 10.2 Å². The molecule has 0 saturated carbocycles. The van der Waals surface area contributed by atoms with E-state index in [2.05, 4.69) is 0 Å². The van der Waals surface area contributed by atoms with Crippen LogP contribution in [0.2, 0.25) is 0 Å². The van der Waals surface area contributed by atoms with Gasteiger partial charge in [-0.25, -0.2) is 4.39 Å². The van der Waals surface area contributed by atoms with Crippen molar-refractivity contribution in [3.63, 3.8) is 0 Å². The summed E-state index contributed by atoms with van der Waals surface area (Å²) in [6, 6.07) is 6.35. The molecule has 0 unspecified atom stereocenters. The standard InChI is InChI=1S/C11H10FNO/c12-10-2-1-8(6-13)11(5-10)9-3-4-14-7-9/h1-5,7H,6,13H2. The quantitative estimate of drug-likeness (QED) is 0.792. The van der Waals surface area contributed by atoms with E-state index >= 15 is 0 Å². The number of halogens is 1. The summed E-state index contributed by atoms with van der Waals surface area (Å²) in [7, 11) is 0. The predicted molar refractivity (Wildman–Crippen MR) is 52.0 cm³/mol. The summed E-state index contributed by atoms with van der Waals surface area (Å²) in [5, 5.41) is 0. The molecular formula is C11H10FNO. The molecule has 0 aliphatic carbocycles. The normalized spacial score (nSPS) is 10.4. The highest BCUT2D eigenvalue weighted by Crippen LogP contribution is 2.24. The van der Waals surface area contributed by atoms with Gasteiger partial charge in [-0.1, -0.05) is 6.07 Å². The molecule has 0 atom stereocenters. The zero-order valence-corrected chi connectivity index (χ0v) is 7.53. The smallest absolute Gasteiger partial charge is 0.123 e. The first-order valence-electron chi connectivity index (χ1n) is 4.32. The van der Waals surface area contributed by atoms with E-state index < -0.39 is 0 Å². The maximum absolute atomic E-state index is 13.0. The van der Waals surface area contributed by atoms with Gasteiger partial charge in [0.1, 0.15) is 5.82 Å². The van der Waals surface area contributed by atoms with E-state index in [1.54, 1.807) is 24.7 Å². The van der Waals surface area contributed by atoms with Crippen molar-refractivity contribution in [3.05, 3.63) is 48.2 Å². The Morgan fingerprint density at radius 2 is 2.14 bits per heavy atom. The summed E-state index contributed by atoms with van der Waals surface area (Å²) in [6.07, 6.45) is 3.13. The van der Waals surface area contributed by atoms with Crippen LogP contribution < -0.4 is 5.73 Å². The highest BCUT2D eigenvalue weighted by atomic mass is 19.1. The van der Waals surface area contributed by atoms with Crippen molar-refractivity contribution in [2.45, 2.75) is 6.54 Å². The Kier molecular flexibility index (Phi) is 2.33. The first-order valence-corrected chi connectivity index (χ1v) is 4.32. The molecule has 0 radical (unpaired) electrons. The zero-order chi connectivity index (χ0) is 9.97. The van der Waals surface area contributed by atoms with Crippen LogP contribution in [0.4, 0.5) is 4.39 Å². The molecule has 2 rings (SSSR count). The first kappa shape index (κ1) is 8.97. The van der Waals surface area contributed by atoms with Crippen molar-refractivity contribution in [3.8, 4) is 11.1 Å². The van der Waals surface area contributed by atoms with Crippen LogP contribution in [0.3, 0.4) is 0 Å². The molecule has 0 amide bonds. The first-order chi connectivity index (χ1) is 6.81. The number of nitrogens with two attached hydrogens (primary N) is 1. The summed E-state index contributed by atoms with van der Waals surface area (Å²) < 4.78 is 17.9. The molecule has 0 fully saturated rings. The van der Waals surface area contributed by atoms with Crippen LogP contribution in [-0.4, -0.2) is 0 Å². The Hall–Kier alpha value is -1.61. The molecule has 14 heavy (non-hydrogen) atoms. The number of hydrogen-bond donors (Lipinski definition) is 1. The van der Waals surface area contributed by atoms with Gasteiger partial charge in [-0.05, 0) is 29.3 Å². The summed E-state index contributed by atoms with van der Waals surface area (Å²) in [5.41, 5.74) is 8.11. The van der Waals surface area contributed by atoms with Crippen molar-refractivity contribution in [1.29, 1.82) is 0 Å². The second-order valence-corrected chi connectivity index (χ2v) is 3.02. The predicted octanol–water partition coefficient (Wildman–Crippen LogP) is 2.54. The lowest BCUT2D eigenvalue weighted by Gasteiger charge is -2.04. The second kappa shape index (κ2) is 3.64. The third-order valence-corrected chi connectivity index (χ3v) is 2.12. The van der Waals surface area contributed by atoms with Crippen molar-refractivity contribution < 1.29 is 8.81 Å². The Morgan fingerprint density at radius 1 is 1.29 bits per heavy atom. The summed E-state index contributed by atoms with van der Waals surface area (Å²) >= 11 is 0. The Balaban J connectivity index is 2.55. The van der Waals surface area contributed by atoms with Crippen molar-refractivity contribution >= 4 is 0 Å². The summed E-state index contributed by atoms with van der Waals surface area (Å²) in [4.78, 5) is 0. The molecule has 1 heterocycles. The van der Waals surface area contributed by atoms with Crippen LogP contribution in [0, 0.1) is 5.82 Å². The number of furan rings is 1. The third kappa shape index (κ3) is 1.54. The van der Waals surface area contributed by atoms with E-state index in [4.69, 9.17) is 10.2 Å². The molecule has 2 N–H and O–H groups in total. The monoisotopic (exact) mass is 191 g/mol. The highest BCUT2D eigenvalue weighted by Gasteiger charge is 2.06. The van der Waals surface area contributed by atoms with Crippen LogP contribution in [0.1, 0.15) is 5.56 Å². The van der Waals surface area contributed by atoms with Gasteiger partial charge in [0.15, 0.2) is 0 Å². The molecule has 0 spiro atoms. The van der Waals surface area contributed by atoms with Gasteiger partial charge in [0.25, 0.3) is 0 Å². The maximum Gasteiger partial charge on any atom is 0.123 e. The second-order valence-electron chi connectivity index (χ2n) is 3.02. The fraction of sp³-hybridized carbons (Fsp3) is 0.0909. The van der Waals surface area contributed by atoms with Crippen molar-refractivity contribution in [1.82, 2.24) is 0 Å². The molecule has 3 heteroatoms. The van der Waals surface area contributed by atoms with E-state index in [1.165, 1.54) is 12.1 Å². The molecule has 72 valence electrons. The topological polar surface area (TPSA) is 39.2 Å². The van der Waals surface area contributed by atoms with Crippen molar-refractivity contribution in [2.24, 2.45) is 5.73 Å². The van der Waals surface area contributed by atoms with Gasteiger partial charge in [-0.3, -0.25) is 0 Å². The SMILES string of the molecule is NCc1ccc(F)cc1-c1ccoc1. The average molecular weight is 191 g/mol. The summed E-state index contributed by atoms with van der Waals surface area (Å²) in [5.74, 6) is -0.265. The van der Waals surface area contributed by atoms with Gasteiger partial charge in [0.05, 0.1) is 12.5 Å². The van der Waals surface area contributed by atoms with Gasteiger partial charge >= 0.3 is 0 Å². The van der Waals surface area contributed by atoms with Gasteiger partial charge in [-0.15, -0.1) is 0 Å². The molecule has 0 saturated heterocycles. The number of benzene rings is 1. The zero-order valence-electron chi connectivity index (χ0n) is 7.53. The minimum Gasteiger partial charge on any atom is -0.472 e. The number of rotatable bonds is 2. The van der Waals surface area contributed by atoms with Gasteiger partial charge in [0.2, 0.25) is 0 Å². The number of hydrogen-bond acceptors (Lipinski definition) is 2. The Labute approximate surface area is 81.2 Å². The van der Waals surface area contributed by atoms with E-state index in [1.807, 2.05) is 0 Å². The van der Waals surface area contributed by atoms with Crippen LogP contribution in [0.25, 0.3) is 11.1 Å². The molecule has 0 bridgehead atoms. The molecule has 0 aliphatic rings. The van der Waals surface area contributed by atoms with Crippen LogP contribution in [0.5, 0.6) is 0 Å². The average Bonchev–Trinajstić information content (AvgIpc) is 2.70. The fourth-order valence-corrected chi connectivity index (χ4v) is 1.41. The highest BCUT2D eigenvalue weighted by molar-refractivity contribution is 5.66. The van der Waals surface area contributed by atoms with E-state index in [0.717, 1.165) is 16.7 Å². The minimum absolute atomic E-state index is 0.265. The maximum atomic E-state index is 13.0. The summed E-state index contributed by atoms with van der Waals surface area (Å²) in [6.45, 7) is 0.390. The largest absolute Gasteiger partial charge is 0.472 e. The Morgan fingerprint density at radius 3 is 2.79 bits per heavy atom. The van der Waals surface area contributed by atoms with Crippen molar-refractivity contribution in [2.75, 3.05) is 0 Å². The lowest BCUT2D eigenvalue weighted by atomic mass is 10.0. The van der Waals surface area contributed by atoms with Gasteiger partial charge in [0, 0.05) is 12.1 Å². The molecule has 2 aromatic rings. The van der Waals surface area contributed by atoms with Crippen LogP contribution in [0.15, 0.2) is 41.2 Å². The molecular weight excluding hydrogens is 181 g/mol. The lowest BCUT2D eigenvalue weighted by molar-refractivity contribution is 0.568. The molecule has 2 nitrogen and oxygen atoms in total. The minimum atomic E-state index is -0.265. The molecule has 1 aromatic carbocycles. The molecule has 0 aliphatic heterocycles.